The normalized spacial score (nSPS) is 12.6. The predicted molar refractivity (Wildman–Crippen MR) is 67.0 cm³/mol. The summed E-state index contributed by atoms with van der Waals surface area (Å²) in [4.78, 5) is 27.7. The number of phenolic OH excluding ortho intramolecular Hbond substituents is 1. The summed E-state index contributed by atoms with van der Waals surface area (Å²) in [5.74, 6) is 1.91. The Balaban J connectivity index is 3.05. The Kier molecular flexibility index (Phi) is 4.50. The van der Waals surface area contributed by atoms with Crippen LogP contribution in [0, 0.1) is 0 Å². The SMILES string of the molecule is CC(C)(C)OC(=O)C(C(=O)ON)c1ccc(O)cc1. The van der Waals surface area contributed by atoms with Crippen LogP contribution in [0.5, 0.6) is 5.75 Å². The Morgan fingerprint density at radius 2 is 1.68 bits per heavy atom. The second-order valence-corrected chi connectivity index (χ2v) is 4.99. The van der Waals surface area contributed by atoms with Crippen molar-refractivity contribution in [2.24, 2.45) is 5.90 Å². The molecule has 0 heterocycles. The maximum absolute atomic E-state index is 12.0. The highest BCUT2D eigenvalue weighted by Gasteiger charge is 2.34. The molecule has 0 spiro atoms. The number of hydrogen-bond acceptors (Lipinski definition) is 6. The van der Waals surface area contributed by atoms with Crippen molar-refractivity contribution < 1.29 is 24.3 Å². The molecule has 0 fully saturated rings. The van der Waals surface area contributed by atoms with Gasteiger partial charge in [-0.3, -0.25) is 4.79 Å². The quantitative estimate of drug-likeness (QED) is 0.485. The lowest BCUT2D eigenvalue weighted by Gasteiger charge is -2.22. The van der Waals surface area contributed by atoms with Gasteiger partial charge in [-0.15, -0.1) is 0 Å². The van der Waals surface area contributed by atoms with E-state index in [-0.39, 0.29) is 5.75 Å². The number of benzene rings is 1. The maximum atomic E-state index is 12.0. The van der Waals surface area contributed by atoms with E-state index in [1.807, 2.05) is 0 Å². The zero-order chi connectivity index (χ0) is 14.6. The lowest BCUT2D eigenvalue weighted by molar-refractivity contribution is -0.164. The van der Waals surface area contributed by atoms with E-state index < -0.39 is 23.5 Å². The van der Waals surface area contributed by atoms with Crippen molar-refractivity contribution in [3.05, 3.63) is 29.8 Å². The van der Waals surface area contributed by atoms with Gasteiger partial charge in [-0.25, -0.2) is 4.79 Å². The summed E-state index contributed by atoms with van der Waals surface area (Å²) in [5.41, 5.74) is -0.399. The standard InChI is InChI=1S/C13H17NO5/c1-13(2,3)18-11(16)10(12(17)19-14)8-4-6-9(15)7-5-8/h4-7,10,15H,14H2,1-3H3. The van der Waals surface area contributed by atoms with E-state index in [1.165, 1.54) is 24.3 Å². The van der Waals surface area contributed by atoms with Crippen molar-refractivity contribution in [2.75, 3.05) is 0 Å². The number of nitrogens with two attached hydrogens (primary N) is 1. The zero-order valence-electron chi connectivity index (χ0n) is 11.0. The summed E-state index contributed by atoms with van der Waals surface area (Å²) in [5, 5.41) is 9.20. The smallest absolute Gasteiger partial charge is 0.343 e. The maximum Gasteiger partial charge on any atom is 0.343 e. The van der Waals surface area contributed by atoms with E-state index in [1.54, 1.807) is 20.8 Å². The lowest BCUT2D eigenvalue weighted by atomic mass is 9.99. The molecule has 104 valence electrons. The van der Waals surface area contributed by atoms with Gasteiger partial charge in [0.1, 0.15) is 11.4 Å². The van der Waals surface area contributed by atoms with Gasteiger partial charge in [0.2, 0.25) is 0 Å². The average molecular weight is 267 g/mol. The van der Waals surface area contributed by atoms with Crippen molar-refractivity contribution in [1.29, 1.82) is 0 Å². The van der Waals surface area contributed by atoms with Gasteiger partial charge in [0, 0.05) is 0 Å². The molecule has 19 heavy (non-hydrogen) atoms. The van der Waals surface area contributed by atoms with Crippen LogP contribution in [0.3, 0.4) is 0 Å². The van der Waals surface area contributed by atoms with Gasteiger partial charge in [-0.1, -0.05) is 12.1 Å². The van der Waals surface area contributed by atoms with E-state index >= 15 is 0 Å². The van der Waals surface area contributed by atoms with Crippen molar-refractivity contribution >= 4 is 11.9 Å². The highest BCUT2D eigenvalue weighted by Crippen LogP contribution is 2.23. The molecule has 1 rings (SSSR count). The number of esters is 1. The number of aromatic hydroxyl groups is 1. The molecule has 0 bridgehead atoms. The van der Waals surface area contributed by atoms with Crippen LogP contribution in [0.25, 0.3) is 0 Å². The fraction of sp³-hybridized carbons (Fsp3) is 0.385. The fourth-order valence-electron chi connectivity index (χ4n) is 1.46. The van der Waals surface area contributed by atoms with Gasteiger partial charge in [0.05, 0.1) is 0 Å². The number of ether oxygens (including phenoxy) is 1. The number of phenols is 1. The molecule has 0 aliphatic rings. The van der Waals surface area contributed by atoms with E-state index in [2.05, 4.69) is 4.84 Å². The Bertz CT molecular complexity index is 461. The molecule has 6 nitrogen and oxygen atoms in total. The Hall–Kier alpha value is -2.08. The second kappa shape index (κ2) is 5.71. The molecular weight excluding hydrogens is 250 g/mol. The topological polar surface area (TPSA) is 98.9 Å². The summed E-state index contributed by atoms with van der Waals surface area (Å²) in [7, 11) is 0. The van der Waals surface area contributed by atoms with Crippen LogP contribution < -0.4 is 5.90 Å². The molecule has 1 atom stereocenters. The van der Waals surface area contributed by atoms with E-state index in [4.69, 9.17) is 10.6 Å². The largest absolute Gasteiger partial charge is 0.508 e. The van der Waals surface area contributed by atoms with Crippen LogP contribution in [0.4, 0.5) is 0 Å². The van der Waals surface area contributed by atoms with Gasteiger partial charge >= 0.3 is 11.9 Å². The summed E-state index contributed by atoms with van der Waals surface area (Å²) < 4.78 is 5.15. The van der Waals surface area contributed by atoms with Crippen molar-refractivity contribution in [1.82, 2.24) is 0 Å². The second-order valence-electron chi connectivity index (χ2n) is 4.99. The van der Waals surface area contributed by atoms with E-state index in [9.17, 15) is 14.7 Å². The van der Waals surface area contributed by atoms with Gasteiger partial charge in [0.25, 0.3) is 0 Å². The first-order chi connectivity index (χ1) is 8.74. The van der Waals surface area contributed by atoms with Crippen molar-refractivity contribution in [3.63, 3.8) is 0 Å². The van der Waals surface area contributed by atoms with Crippen LogP contribution in [-0.4, -0.2) is 22.6 Å². The minimum atomic E-state index is -1.27. The summed E-state index contributed by atoms with van der Waals surface area (Å²) in [6.45, 7) is 5.06. The van der Waals surface area contributed by atoms with Crippen LogP contribution in [-0.2, 0) is 19.2 Å². The number of rotatable bonds is 3. The molecule has 1 unspecified atom stereocenters. The Labute approximate surface area is 111 Å². The fourth-order valence-corrected chi connectivity index (χ4v) is 1.46. The summed E-state index contributed by atoms with van der Waals surface area (Å²) >= 11 is 0. The third-order valence-electron chi connectivity index (χ3n) is 2.22. The molecule has 0 saturated carbocycles. The van der Waals surface area contributed by atoms with Crippen LogP contribution in [0.2, 0.25) is 0 Å². The minimum Gasteiger partial charge on any atom is -0.508 e. The van der Waals surface area contributed by atoms with Crippen molar-refractivity contribution in [2.45, 2.75) is 32.3 Å². The molecule has 0 radical (unpaired) electrons. The van der Waals surface area contributed by atoms with Crippen LogP contribution in [0.1, 0.15) is 32.3 Å². The molecule has 0 amide bonds. The number of carbonyl (C=O) groups is 2. The third-order valence-corrected chi connectivity index (χ3v) is 2.22. The first-order valence-corrected chi connectivity index (χ1v) is 5.67. The molecule has 1 aromatic carbocycles. The molecule has 3 N–H and O–H groups in total. The van der Waals surface area contributed by atoms with E-state index in [0.717, 1.165) is 0 Å². The number of carbonyl (C=O) groups excluding carboxylic acids is 2. The number of hydrogen-bond donors (Lipinski definition) is 2. The first-order valence-electron chi connectivity index (χ1n) is 5.67. The average Bonchev–Trinajstić information content (AvgIpc) is 2.29. The lowest BCUT2D eigenvalue weighted by Crippen LogP contribution is -2.33. The zero-order valence-corrected chi connectivity index (χ0v) is 11.0. The van der Waals surface area contributed by atoms with Crippen molar-refractivity contribution in [3.8, 4) is 5.75 Å². The molecule has 0 aliphatic carbocycles. The summed E-state index contributed by atoms with van der Waals surface area (Å²) in [6, 6.07) is 5.58. The minimum absolute atomic E-state index is 0.0211. The van der Waals surface area contributed by atoms with Gasteiger partial charge in [-0.2, -0.15) is 5.90 Å². The first kappa shape index (κ1) is 15.0. The molecule has 0 aromatic heterocycles. The van der Waals surface area contributed by atoms with Gasteiger partial charge in [-0.05, 0) is 38.5 Å². The monoisotopic (exact) mass is 267 g/mol. The summed E-state index contributed by atoms with van der Waals surface area (Å²) in [6.07, 6.45) is 0. The van der Waals surface area contributed by atoms with Gasteiger partial charge in [0.15, 0.2) is 5.92 Å². The molecular formula is C13H17NO5. The molecule has 6 heteroatoms. The third kappa shape index (κ3) is 4.26. The van der Waals surface area contributed by atoms with E-state index in [0.29, 0.717) is 5.56 Å². The molecule has 0 saturated heterocycles. The van der Waals surface area contributed by atoms with Crippen LogP contribution in [0.15, 0.2) is 24.3 Å². The predicted octanol–water partition coefficient (Wildman–Crippen LogP) is 1.23. The molecule has 1 aromatic rings. The molecule has 0 aliphatic heterocycles. The van der Waals surface area contributed by atoms with Crippen LogP contribution >= 0.6 is 0 Å². The van der Waals surface area contributed by atoms with Gasteiger partial charge < -0.3 is 14.7 Å². The Morgan fingerprint density at radius 3 is 2.11 bits per heavy atom. The Morgan fingerprint density at radius 1 is 1.16 bits per heavy atom. The highest BCUT2D eigenvalue weighted by atomic mass is 16.7. The highest BCUT2D eigenvalue weighted by molar-refractivity contribution is 6.00.